The molecular weight excluding hydrogens is 552 g/mol. The minimum absolute atomic E-state index is 0.0227. The molecule has 3 N–H and O–H groups in total. The molecule has 3 amide bonds. The molecule has 0 aliphatic carbocycles. The predicted molar refractivity (Wildman–Crippen MR) is 175 cm³/mol. The van der Waals surface area contributed by atoms with E-state index in [0.29, 0.717) is 32.4 Å². The van der Waals surface area contributed by atoms with Gasteiger partial charge in [-0.1, -0.05) is 78.9 Å². The van der Waals surface area contributed by atoms with Gasteiger partial charge < -0.3 is 25.6 Å². The zero-order valence-electron chi connectivity index (χ0n) is 26.4. The Morgan fingerprint density at radius 1 is 0.955 bits per heavy atom. The van der Waals surface area contributed by atoms with E-state index < -0.39 is 17.6 Å². The SMILES string of the molecule is CN(C(=O)/C=C/CC(C)(C)N)[C@H](Cc1cccc2ccccc12)C(=O)N(C)[C@H](Cc1ccccc1)C(=O)NCC1CCCO1. The van der Waals surface area contributed by atoms with E-state index in [1.807, 2.05) is 86.6 Å². The topological polar surface area (TPSA) is 105 Å². The van der Waals surface area contributed by atoms with Crippen molar-refractivity contribution in [3.05, 3.63) is 96.1 Å². The van der Waals surface area contributed by atoms with Gasteiger partial charge in [0.15, 0.2) is 0 Å². The summed E-state index contributed by atoms with van der Waals surface area (Å²) in [4.78, 5) is 44.5. The van der Waals surface area contributed by atoms with E-state index >= 15 is 0 Å². The number of amides is 3. The standard InChI is InChI=1S/C36H46N4O4/c1-36(2,37)21-11-20-33(41)39(3)32(24-28-17-10-16-27-15-8-9-19-30(27)28)35(43)40(4)31(23-26-13-6-5-7-14-26)34(42)38-25-29-18-12-22-44-29/h5-11,13-17,19-20,29,31-32H,12,18,21-25,37H2,1-4H3,(H,38,42)/b20-11+/t29?,31-,32-/m1/s1. The smallest absolute Gasteiger partial charge is 0.246 e. The van der Waals surface area contributed by atoms with Crippen LogP contribution >= 0.6 is 0 Å². The number of rotatable bonds is 13. The van der Waals surface area contributed by atoms with E-state index in [1.54, 1.807) is 20.2 Å². The average Bonchev–Trinajstić information content (AvgIpc) is 3.54. The van der Waals surface area contributed by atoms with Gasteiger partial charge in [0.1, 0.15) is 12.1 Å². The van der Waals surface area contributed by atoms with Crippen LogP contribution in [-0.2, 0) is 32.0 Å². The molecule has 0 radical (unpaired) electrons. The summed E-state index contributed by atoms with van der Waals surface area (Å²) in [5.41, 5.74) is 7.53. The van der Waals surface area contributed by atoms with Gasteiger partial charge in [0, 0.05) is 45.6 Å². The lowest BCUT2D eigenvalue weighted by atomic mass is 9.96. The number of nitrogens with one attached hydrogen (secondary N) is 1. The number of carbonyl (C=O) groups excluding carboxylic acids is 3. The van der Waals surface area contributed by atoms with E-state index in [2.05, 4.69) is 5.32 Å². The van der Waals surface area contributed by atoms with Crippen LogP contribution in [0.2, 0.25) is 0 Å². The number of fused-ring (bicyclic) bond motifs is 1. The predicted octanol–water partition coefficient (Wildman–Crippen LogP) is 4.26. The highest BCUT2D eigenvalue weighted by Gasteiger charge is 2.35. The second-order valence-electron chi connectivity index (χ2n) is 12.4. The summed E-state index contributed by atoms with van der Waals surface area (Å²) in [6.07, 6.45) is 6.21. The Hall–Kier alpha value is -4.01. The van der Waals surface area contributed by atoms with E-state index in [9.17, 15) is 14.4 Å². The minimum atomic E-state index is -0.849. The van der Waals surface area contributed by atoms with Crippen LogP contribution in [0.25, 0.3) is 10.8 Å². The molecule has 0 saturated carbocycles. The van der Waals surface area contributed by atoms with Gasteiger partial charge in [0.2, 0.25) is 17.7 Å². The van der Waals surface area contributed by atoms with Crippen molar-refractivity contribution >= 4 is 28.5 Å². The van der Waals surface area contributed by atoms with Crippen LogP contribution in [0.3, 0.4) is 0 Å². The maximum Gasteiger partial charge on any atom is 0.246 e. The van der Waals surface area contributed by atoms with Crippen LogP contribution in [0, 0.1) is 0 Å². The number of ether oxygens (including phenoxy) is 1. The Morgan fingerprint density at radius 2 is 1.66 bits per heavy atom. The van der Waals surface area contributed by atoms with E-state index in [0.717, 1.165) is 34.7 Å². The summed E-state index contributed by atoms with van der Waals surface area (Å²) in [6, 6.07) is 22.0. The summed E-state index contributed by atoms with van der Waals surface area (Å²) in [5, 5.41) is 5.10. The van der Waals surface area contributed by atoms with Gasteiger partial charge >= 0.3 is 0 Å². The minimum Gasteiger partial charge on any atom is -0.376 e. The fraction of sp³-hybridized carbons (Fsp3) is 0.417. The van der Waals surface area contributed by atoms with Crippen molar-refractivity contribution < 1.29 is 19.1 Å². The third kappa shape index (κ3) is 9.00. The van der Waals surface area contributed by atoms with Gasteiger partial charge in [0.05, 0.1) is 6.10 Å². The second kappa shape index (κ2) is 15.1. The average molecular weight is 599 g/mol. The largest absolute Gasteiger partial charge is 0.376 e. The first-order valence-electron chi connectivity index (χ1n) is 15.4. The lowest BCUT2D eigenvalue weighted by Gasteiger charge is -2.34. The molecule has 3 aromatic rings. The van der Waals surface area contributed by atoms with Gasteiger partial charge in [0.25, 0.3) is 0 Å². The van der Waals surface area contributed by atoms with Crippen molar-refractivity contribution in [2.24, 2.45) is 5.73 Å². The quantitative estimate of drug-likeness (QED) is 0.286. The van der Waals surface area contributed by atoms with Gasteiger partial charge in [-0.2, -0.15) is 0 Å². The molecule has 1 aliphatic heterocycles. The molecule has 1 fully saturated rings. The molecule has 1 saturated heterocycles. The summed E-state index contributed by atoms with van der Waals surface area (Å²) in [7, 11) is 3.30. The molecule has 1 heterocycles. The van der Waals surface area contributed by atoms with Gasteiger partial charge in [-0.15, -0.1) is 0 Å². The fourth-order valence-electron chi connectivity index (χ4n) is 5.57. The Balaban J connectivity index is 1.64. The Labute approximate surface area is 261 Å². The van der Waals surface area contributed by atoms with Crippen LogP contribution in [0.1, 0.15) is 44.2 Å². The van der Waals surface area contributed by atoms with Crippen LogP contribution in [0.5, 0.6) is 0 Å². The molecule has 44 heavy (non-hydrogen) atoms. The Bertz CT molecular complexity index is 1440. The molecule has 4 rings (SSSR count). The van der Waals surface area contributed by atoms with E-state index in [4.69, 9.17) is 10.5 Å². The fourth-order valence-corrected chi connectivity index (χ4v) is 5.57. The zero-order valence-corrected chi connectivity index (χ0v) is 26.4. The third-order valence-corrected chi connectivity index (χ3v) is 8.22. The molecule has 0 spiro atoms. The summed E-state index contributed by atoms with van der Waals surface area (Å²) >= 11 is 0. The number of carbonyl (C=O) groups is 3. The van der Waals surface area contributed by atoms with Crippen LogP contribution < -0.4 is 11.1 Å². The number of nitrogens with zero attached hydrogens (tertiary/aromatic N) is 2. The highest BCUT2D eigenvalue weighted by atomic mass is 16.5. The van der Waals surface area contributed by atoms with Crippen molar-refractivity contribution in [2.45, 2.75) is 69.7 Å². The molecule has 3 atom stereocenters. The lowest BCUT2D eigenvalue weighted by Crippen LogP contribution is -2.56. The van der Waals surface area contributed by atoms with Crippen molar-refractivity contribution in [3.8, 4) is 0 Å². The maximum atomic E-state index is 14.4. The first-order chi connectivity index (χ1) is 21.0. The number of nitrogens with two attached hydrogens (primary N) is 1. The molecule has 8 nitrogen and oxygen atoms in total. The molecule has 3 aromatic carbocycles. The highest BCUT2D eigenvalue weighted by molar-refractivity contribution is 5.95. The molecule has 8 heteroatoms. The van der Waals surface area contributed by atoms with Gasteiger partial charge in [-0.25, -0.2) is 0 Å². The number of likely N-dealkylation sites (N-methyl/N-ethyl adjacent to an activating group) is 2. The number of hydrogen-bond donors (Lipinski definition) is 2. The van der Waals surface area contributed by atoms with Crippen LogP contribution in [-0.4, -0.2) is 78.5 Å². The maximum absolute atomic E-state index is 14.4. The highest BCUT2D eigenvalue weighted by Crippen LogP contribution is 2.23. The van der Waals surface area contributed by atoms with Gasteiger partial charge in [-0.05, 0) is 61.1 Å². The first-order valence-corrected chi connectivity index (χ1v) is 15.4. The summed E-state index contributed by atoms with van der Waals surface area (Å²) < 4.78 is 5.71. The zero-order chi connectivity index (χ0) is 31.7. The van der Waals surface area contributed by atoms with E-state index in [1.165, 1.54) is 15.9 Å². The summed E-state index contributed by atoms with van der Waals surface area (Å²) in [6.45, 7) is 4.88. The van der Waals surface area contributed by atoms with Crippen LogP contribution in [0.15, 0.2) is 84.9 Å². The summed E-state index contributed by atoms with van der Waals surface area (Å²) in [5.74, 6) is -0.860. The Morgan fingerprint density at radius 3 is 2.36 bits per heavy atom. The molecule has 0 aromatic heterocycles. The van der Waals surface area contributed by atoms with E-state index in [-0.39, 0.29) is 23.8 Å². The first kappa shape index (κ1) is 32.9. The second-order valence-corrected chi connectivity index (χ2v) is 12.4. The van der Waals surface area contributed by atoms with Crippen LogP contribution in [0.4, 0.5) is 0 Å². The lowest BCUT2D eigenvalue weighted by molar-refractivity contribution is -0.146. The van der Waals surface area contributed by atoms with Crippen molar-refractivity contribution in [2.75, 3.05) is 27.2 Å². The van der Waals surface area contributed by atoms with Gasteiger partial charge in [-0.3, -0.25) is 14.4 Å². The van der Waals surface area contributed by atoms with Crippen molar-refractivity contribution in [3.63, 3.8) is 0 Å². The third-order valence-electron chi connectivity index (χ3n) is 8.22. The molecule has 1 unspecified atom stereocenters. The Kier molecular flexibility index (Phi) is 11.3. The number of hydrogen-bond acceptors (Lipinski definition) is 5. The molecule has 0 bridgehead atoms. The normalized spacial score (nSPS) is 16.5. The molecular formula is C36H46N4O4. The number of benzene rings is 3. The van der Waals surface area contributed by atoms with Crippen molar-refractivity contribution in [1.29, 1.82) is 0 Å². The van der Waals surface area contributed by atoms with Crippen molar-refractivity contribution in [1.82, 2.24) is 15.1 Å². The molecule has 1 aliphatic rings. The molecule has 234 valence electrons. The monoisotopic (exact) mass is 598 g/mol.